The summed E-state index contributed by atoms with van der Waals surface area (Å²) in [6.07, 6.45) is 0.880. The quantitative estimate of drug-likeness (QED) is 0.917. The summed E-state index contributed by atoms with van der Waals surface area (Å²) < 4.78 is 0. The number of Topliss-reactive ketones (excluding diaryl/α,β-unsaturated/α-hetero) is 1. The molecule has 3 heteroatoms. The molecular formula is C17H23NO2. The summed E-state index contributed by atoms with van der Waals surface area (Å²) >= 11 is 0. The van der Waals surface area contributed by atoms with E-state index in [0.29, 0.717) is 5.92 Å². The molecule has 20 heavy (non-hydrogen) atoms. The maximum Gasteiger partial charge on any atom is 0.224 e. The average molecular weight is 273 g/mol. The van der Waals surface area contributed by atoms with E-state index >= 15 is 0 Å². The molecular weight excluding hydrogens is 250 g/mol. The van der Waals surface area contributed by atoms with Crippen molar-refractivity contribution in [2.45, 2.75) is 46.1 Å². The van der Waals surface area contributed by atoms with E-state index in [9.17, 15) is 9.59 Å². The molecule has 1 saturated carbocycles. The van der Waals surface area contributed by atoms with E-state index in [1.807, 2.05) is 39.0 Å². The molecule has 108 valence electrons. The fourth-order valence-electron chi connectivity index (χ4n) is 2.73. The fourth-order valence-corrected chi connectivity index (χ4v) is 2.73. The van der Waals surface area contributed by atoms with Gasteiger partial charge >= 0.3 is 0 Å². The predicted octanol–water partition coefficient (Wildman–Crippen LogP) is 2.91. The van der Waals surface area contributed by atoms with Gasteiger partial charge in [0.2, 0.25) is 5.91 Å². The second-order valence-corrected chi connectivity index (χ2v) is 6.78. The lowest BCUT2D eigenvalue weighted by Gasteiger charge is -2.29. The number of amides is 1. The Labute approximate surface area is 120 Å². The van der Waals surface area contributed by atoms with Crippen molar-refractivity contribution in [2.24, 2.45) is 11.3 Å². The van der Waals surface area contributed by atoms with Gasteiger partial charge < -0.3 is 5.32 Å². The van der Waals surface area contributed by atoms with E-state index in [4.69, 9.17) is 0 Å². The zero-order valence-corrected chi connectivity index (χ0v) is 12.6. The molecule has 0 spiro atoms. The maximum atomic E-state index is 12.3. The van der Waals surface area contributed by atoms with Crippen molar-refractivity contribution in [3.8, 4) is 0 Å². The Balaban J connectivity index is 1.99. The van der Waals surface area contributed by atoms with Gasteiger partial charge in [-0.25, -0.2) is 0 Å². The summed E-state index contributed by atoms with van der Waals surface area (Å²) in [4.78, 5) is 24.0. The van der Waals surface area contributed by atoms with Crippen LogP contribution in [-0.2, 0) is 9.59 Å². The smallest absolute Gasteiger partial charge is 0.224 e. The van der Waals surface area contributed by atoms with Gasteiger partial charge in [-0.05, 0) is 30.2 Å². The Kier molecular flexibility index (Phi) is 3.98. The highest BCUT2D eigenvalue weighted by Crippen LogP contribution is 2.47. The van der Waals surface area contributed by atoms with Gasteiger partial charge in [-0.3, -0.25) is 9.59 Å². The van der Waals surface area contributed by atoms with Crippen molar-refractivity contribution in [1.82, 2.24) is 5.32 Å². The van der Waals surface area contributed by atoms with Crippen molar-refractivity contribution in [3.05, 3.63) is 35.9 Å². The zero-order valence-electron chi connectivity index (χ0n) is 12.6. The molecule has 0 saturated heterocycles. The van der Waals surface area contributed by atoms with Crippen LogP contribution in [0.3, 0.4) is 0 Å². The first-order valence-electron chi connectivity index (χ1n) is 7.16. The van der Waals surface area contributed by atoms with Crippen LogP contribution in [0.4, 0.5) is 0 Å². The van der Waals surface area contributed by atoms with E-state index < -0.39 is 6.04 Å². The van der Waals surface area contributed by atoms with Crippen LogP contribution in [0.1, 0.15) is 45.6 Å². The first-order valence-corrected chi connectivity index (χ1v) is 7.16. The zero-order chi connectivity index (χ0) is 14.9. The summed E-state index contributed by atoms with van der Waals surface area (Å²) in [5.74, 6) is 0.349. The lowest BCUT2D eigenvalue weighted by molar-refractivity contribution is -0.129. The molecule has 0 aliphatic heterocycles. The molecule has 0 heterocycles. The standard InChI is InChI=1S/C17H23NO2/c1-11(19)15(17(2,3)4)18-16(20)14-10-13(14)12-8-6-5-7-9-12/h5-9,13-15H,10H2,1-4H3,(H,18,20)/t13?,14-,15-/m1/s1. The molecule has 1 aliphatic rings. The highest BCUT2D eigenvalue weighted by Gasteiger charge is 2.45. The SMILES string of the molecule is CC(=O)[C@@H](NC(=O)[C@@H]1CC1c1ccccc1)C(C)(C)C. The average Bonchev–Trinajstić information content (AvgIpc) is 3.15. The molecule has 0 aromatic heterocycles. The predicted molar refractivity (Wildman–Crippen MR) is 79.4 cm³/mol. The first kappa shape index (κ1) is 14.8. The molecule has 1 aromatic carbocycles. The van der Waals surface area contributed by atoms with E-state index in [0.717, 1.165) is 6.42 Å². The Hall–Kier alpha value is -1.64. The second kappa shape index (κ2) is 5.39. The van der Waals surface area contributed by atoms with Crippen molar-refractivity contribution in [1.29, 1.82) is 0 Å². The summed E-state index contributed by atoms with van der Waals surface area (Å²) in [5.41, 5.74) is 0.960. The van der Waals surface area contributed by atoms with Crippen LogP contribution in [-0.4, -0.2) is 17.7 Å². The third-order valence-corrected chi connectivity index (χ3v) is 3.91. The normalized spacial score (nSPS) is 23.0. The third-order valence-electron chi connectivity index (χ3n) is 3.91. The molecule has 0 bridgehead atoms. The highest BCUT2D eigenvalue weighted by atomic mass is 16.2. The number of benzene rings is 1. The van der Waals surface area contributed by atoms with Crippen molar-refractivity contribution >= 4 is 11.7 Å². The van der Waals surface area contributed by atoms with Gasteiger partial charge in [-0.1, -0.05) is 51.1 Å². The number of ketones is 1. The van der Waals surface area contributed by atoms with Gasteiger partial charge in [0.25, 0.3) is 0 Å². The van der Waals surface area contributed by atoms with Crippen LogP contribution in [0.2, 0.25) is 0 Å². The fraction of sp³-hybridized carbons (Fsp3) is 0.529. The third kappa shape index (κ3) is 3.27. The van der Waals surface area contributed by atoms with E-state index in [2.05, 4.69) is 17.4 Å². The maximum absolute atomic E-state index is 12.3. The second-order valence-electron chi connectivity index (χ2n) is 6.78. The number of hydrogen-bond acceptors (Lipinski definition) is 2. The van der Waals surface area contributed by atoms with Crippen LogP contribution >= 0.6 is 0 Å². The lowest BCUT2D eigenvalue weighted by Crippen LogP contribution is -2.48. The van der Waals surface area contributed by atoms with Gasteiger partial charge in [0, 0.05) is 5.92 Å². The van der Waals surface area contributed by atoms with Crippen molar-refractivity contribution < 1.29 is 9.59 Å². The Morgan fingerprint density at radius 2 is 1.80 bits per heavy atom. The highest BCUT2D eigenvalue weighted by molar-refractivity contribution is 5.90. The molecule has 1 aromatic rings. The minimum absolute atomic E-state index is 0.00831. The van der Waals surface area contributed by atoms with E-state index in [-0.39, 0.29) is 23.0 Å². The van der Waals surface area contributed by atoms with Crippen LogP contribution in [0.25, 0.3) is 0 Å². The van der Waals surface area contributed by atoms with Crippen LogP contribution in [0.5, 0.6) is 0 Å². The van der Waals surface area contributed by atoms with Crippen LogP contribution < -0.4 is 5.32 Å². The summed E-state index contributed by atoms with van der Waals surface area (Å²) in [5, 5.41) is 2.93. The molecule has 3 nitrogen and oxygen atoms in total. The number of carbonyl (C=O) groups excluding carboxylic acids is 2. The van der Waals surface area contributed by atoms with E-state index in [1.165, 1.54) is 12.5 Å². The van der Waals surface area contributed by atoms with Gasteiger partial charge in [0.15, 0.2) is 5.78 Å². The Morgan fingerprint density at radius 3 is 2.30 bits per heavy atom. The van der Waals surface area contributed by atoms with Gasteiger partial charge in [0.05, 0.1) is 6.04 Å². The molecule has 0 radical (unpaired) electrons. The summed E-state index contributed by atoms with van der Waals surface area (Å²) in [6, 6.07) is 9.68. The van der Waals surface area contributed by atoms with Crippen molar-refractivity contribution in [3.63, 3.8) is 0 Å². The molecule has 1 aliphatic carbocycles. The Morgan fingerprint density at radius 1 is 1.20 bits per heavy atom. The number of hydrogen-bond donors (Lipinski definition) is 1. The topological polar surface area (TPSA) is 46.2 Å². The molecule has 1 amide bonds. The minimum atomic E-state index is -0.410. The molecule has 3 atom stereocenters. The van der Waals surface area contributed by atoms with E-state index in [1.54, 1.807) is 0 Å². The largest absolute Gasteiger partial charge is 0.346 e. The van der Waals surface area contributed by atoms with Crippen LogP contribution in [0.15, 0.2) is 30.3 Å². The number of carbonyl (C=O) groups is 2. The lowest BCUT2D eigenvalue weighted by atomic mass is 9.84. The molecule has 1 fully saturated rings. The first-order chi connectivity index (χ1) is 9.30. The Bertz CT molecular complexity index is 501. The van der Waals surface area contributed by atoms with Crippen LogP contribution in [0, 0.1) is 11.3 Å². The van der Waals surface area contributed by atoms with Gasteiger partial charge in [0.1, 0.15) is 0 Å². The minimum Gasteiger partial charge on any atom is -0.346 e. The van der Waals surface area contributed by atoms with Gasteiger partial charge in [-0.2, -0.15) is 0 Å². The molecule has 1 unspecified atom stereocenters. The van der Waals surface area contributed by atoms with Gasteiger partial charge in [-0.15, -0.1) is 0 Å². The van der Waals surface area contributed by atoms with Crippen molar-refractivity contribution in [2.75, 3.05) is 0 Å². The molecule has 1 N–H and O–H groups in total. The number of nitrogens with one attached hydrogen (secondary N) is 1. The summed E-state index contributed by atoms with van der Waals surface area (Å²) in [6.45, 7) is 7.46. The molecule has 2 rings (SSSR count). The number of rotatable bonds is 4. The summed E-state index contributed by atoms with van der Waals surface area (Å²) in [7, 11) is 0. The monoisotopic (exact) mass is 273 g/mol.